The molecule has 11 heteroatoms. The summed E-state index contributed by atoms with van der Waals surface area (Å²) >= 11 is 0. The van der Waals surface area contributed by atoms with Crippen LogP contribution in [0, 0.1) is 0 Å². The van der Waals surface area contributed by atoms with Crippen molar-refractivity contribution >= 4 is 16.1 Å². The van der Waals surface area contributed by atoms with Crippen LogP contribution in [0.25, 0.3) is 0 Å². The molecule has 0 unspecified atom stereocenters. The van der Waals surface area contributed by atoms with Crippen LogP contribution in [0.2, 0.25) is 0 Å². The standard InChI is InChI=1S/C17H21F3N4O3S/c1-3-5-6-13(4-2)11-14-12-22-16(24-9-7-21-8-10-24)23-15(14)27-28(25,26)17(18,19)20/h3-6,12,21H,1,7-11H2,2H3/b6-5-,13-4+. The van der Waals surface area contributed by atoms with E-state index < -0.39 is 21.5 Å². The van der Waals surface area contributed by atoms with Crippen LogP contribution in [0.3, 0.4) is 0 Å². The highest BCUT2D eigenvalue weighted by atomic mass is 32.2. The van der Waals surface area contributed by atoms with Gasteiger partial charge in [-0.25, -0.2) is 4.98 Å². The number of alkyl halides is 3. The van der Waals surface area contributed by atoms with Gasteiger partial charge in [-0.2, -0.15) is 26.6 Å². The van der Waals surface area contributed by atoms with Crippen LogP contribution in [0.5, 0.6) is 5.88 Å². The highest BCUT2D eigenvalue weighted by Gasteiger charge is 2.49. The maximum absolute atomic E-state index is 12.8. The monoisotopic (exact) mass is 418 g/mol. The van der Waals surface area contributed by atoms with Gasteiger partial charge in [-0.15, -0.1) is 0 Å². The second kappa shape index (κ2) is 9.20. The van der Waals surface area contributed by atoms with Crippen LogP contribution in [0.15, 0.2) is 42.7 Å². The van der Waals surface area contributed by atoms with E-state index >= 15 is 0 Å². The number of piperazine rings is 1. The van der Waals surface area contributed by atoms with Gasteiger partial charge >= 0.3 is 15.6 Å². The minimum Gasteiger partial charge on any atom is -0.355 e. The van der Waals surface area contributed by atoms with Crippen LogP contribution in [0.4, 0.5) is 19.1 Å². The molecule has 0 radical (unpaired) electrons. The first-order valence-electron chi connectivity index (χ1n) is 8.44. The molecule has 0 atom stereocenters. The molecule has 0 aliphatic carbocycles. The van der Waals surface area contributed by atoms with Crippen molar-refractivity contribution in [3.05, 3.63) is 48.2 Å². The van der Waals surface area contributed by atoms with Crippen LogP contribution in [0.1, 0.15) is 12.5 Å². The summed E-state index contributed by atoms with van der Waals surface area (Å²) in [5, 5.41) is 3.13. The molecular weight excluding hydrogens is 397 g/mol. The van der Waals surface area contributed by atoms with Gasteiger partial charge in [0, 0.05) is 44.4 Å². The SMILES string of the molecule is C=C/C=C\C(=C/C)Cc1cnc(N2CCNCC2)nc1OS(=O)(=O)C(F)(F)F. The van der Waals surface area contributed by atoms with Crippen molar-refractivity contribution in [2.75, 3.05) is 31.1 Å². The van der Waals surface area contributed by atoms with Gasteiger partial charge in [0.1, 0.15) is 0 Å². The third kappa shape index (κ3) is 5.55. The second-order valence-corrected chi connectivity index (χ2v) is 7.39. The molecule has 2 heterocycles. The Kier molecular flexibility index (Phi) is 7.19. The first-order valence-corrected chi connectivity index (χ1v) is 9.85. The highest BCUT2D eigenvalue weighted by molar-refractivity contribution is 7.87. The molecule has 2 rings (SSSR count). The van der Waals surface area contributed by atoms with E-state index in [1.807, 2.05) is 0 Å². The molecule has 1 aliphatic heterocycles. The van der Waals surface area contributed by atoms with Gasteiger partial charge in [-0.3, -0.25) is 0 Å². The zero-order valence-electron chi connectivity index (χ0n) is 15.2. The fourth-order valence-corrected chi connectivity index (χ4v) is 2.86. The molecule has 0 bridgehead atoms. The topological polar surface area (TPSA) is 84.4 Å². The molecule has 0 aromatic carbocycles. The number of hydrogen-bond acceptors (Lipinski definition) is 7. The molecule has 1 fully saturated rings. The van der Waals surface area contributed by atoms with Gasteiger partial charge in [0.25, 0.3) is 0 Å². The van der Waals surface area contributed by atoms with Crippen LogP contribution in [-0.4, -0.2) is 50.1 Å². The number of allylic oxidation sites excluding steroid dienone is 5. The van der Waals surface area contributed by atoms with E-state index in [0.29, 0.717) is 31.8 Å². The molecule has 1 N–H and O–H groups in total. The predicted octanol–water partition coefficient (Wildman–Crippen LogP) is 2.35. The summed E-state index contributed by atoms with van der Waals surface area (Å²) in [5.74, 6) is -0.520. The summed E-state index contributed by atoms with van der Waals surface area (Å²) in [6.45, 7) is 7.66. The minimum atomic E-state index is -5.86. The van der Waals surface area contributed by atoms with E-state index in [1.54, 1.807) is 36.1 Å². The smallest absolute Gasteiger partial charge is 0.355 e. The first-order chi connectivity index (χ1) is 13.2. The molecular formula is C17H21F3N4O3S. The van der Waals surface area contributed by atoms with E-state index in [-0.39, 0.29) is 17.9 Å². The minimum absolute atomic E-state index is 0.0887. The van der Waals surface area contributed by atoms with Crippen LogP contribution < -0.4 is 14.4 Å². The molecule has 7 nitrogen and oxygen atoms in total. The zero-order valence-corrected chi connectivity index (χ0v) is 16.1. The van der Waals surface area contributed by atoms with Crippen molar-refractivity contribution in [2.24, 2.45) is 0 Å². The van der Waals surface area contributed by atoms with Gasteiger partial charge in [0.15, 0.2) is 0 Å². The molecule has 1 aromatic rings. The largest absolute Gasteiger partial charge is 0.534 e. The lowest BCUT2D eigenvalue weighted by Gasteiger charge is -2.27. The molecule has 0 saturated carbocycles. The van der Waals surface area contributed by atoms with Crippen LogP contribution >= 0.6 is 0 Å². The fraction of sp³-hybridized carbons (Fsp3) is 0.412. The number of nitrogens with one attached hydrogen (secondary N) is 1. The van der Waals surface area contributed by atoms with Crippen molar-refractivity contribution in [2.45, 2.75) is 18.9 Å². The first kappa shape index (κ1) is 21.9. The van der Waals surface area contributed by atoms with E-state index in [1.165, 1.54) is 6.20 Å². The number of nitrogens with zero attached hydrogens (tertiary/aromatic N) is 3. The lowest BCUT2D eigenvalue weighted by atomic mass is 10.1. The summed E-state index contributed by atoms with van der Waals surface area (Å²) < 4.78 is 65.8. The maximum Gasteiger partial charge on any atom is 0.534 e. The number of halogens is 3. The fourth-order valence-electron chi connectivity index (χ4n) is 2.41. The Morgan fingerprint density at radius 3 is 2.64 bits per heavy atom. The Bertz CT molecular complexity index is 861. The maximum atomic E-state index is 12.8. The quantitative estimate of drug-likeness (QED) is 0.413. The van der Waals surface area contributed by atoms with Crippen molar-refractivity contribution in [3.63, 3.8) is 0 Å². The van der Waals surface area contributed by atoms with E-state index in [9.17, 15) is 21.6 Å². The summed E-state index contributed by atoms with van der Waals surface area (Å²) in [6, 6.07) is 0. The van der Waals surface area contributed by atoms with Gasteiger partial charge in [0.2, 0.25) is 11.8 Å². The van der Waals surface area contributed by atoms with Crippen molar-refractivity contribution < 1.29 is 25.8 Å². The summed E-state index contributed by atoms with van der Waals surface area (Å²) in [7, 11) is -5.86. The molecule has 0 spiro atoms. The Morgan fingerprint density at radius 2 is 2.07 bits per heavy atom. The number of hydrogen-bond donors (Lipinski definition) is 1. The predicted molar refractivity (Wildman–Crippen MR) is 99.5 cm³/mol. The average Bonchev–Trinajstić information content (AvgIpc) is 2.65. The highest BCUT2D eigenvalue weighted by Crippen LogP contribution is 2.29. The van der Waals surface area contributed by atoms with E-state index in [4.69, 9.17) is 0 Å². The molecule has 1 aromatic heterocycles. The number of aromatic nitrogens is 2. The molecule has 1 aliphatic rings. The Labute approximate surface area is 161 Å². The average molecular weight is 418 g/mol. The van der Waals surface area contributed by atoms with Crippen molar-refractivity contribution in [3.8, 4) is 5.88 Å². The molecule has 1 saturated heterocycles. The molecule has 28 heavy (non-hydrogen) atoms. The Hall–Kier alpha value is -2.40. The van der Waals surface area contributed by atoms with Gasteiger partial charge in [-0.05, 0) is 12.5 Å². The van der Waals surface area contributed by atoms with Gasteiger partial charge in [0.05, 0.1) is 0 Å². The molecule has 0 amide bonds. The second-order valence-electron chi connectivity index (χ2n) is 5.86. The van der Waals surface area contributed by atoms with Gasteiger partial charge in [-0.1, -0.05) is 30.9 Å². The van der Waals surface area contributed by atoms with Crippen molar-refractivity contribution in [1.29, 1.82) is 0 Å². The van der Waals surface area contributed by atoms with E-state index in [0.717, 1.165) is 0 Å². The Balaban J connectivity index is 2.42. The third-order valence-corrected chi connectivity index (χ3v) is 4.84. The van der Waals surface area contributed by atoms with Crippen LogP contribution in [-0.2, 0) is 16.5 Å². The van der Waals surface area contributed by atoms with Crippen molar-refractivity contribution in [1.82, 2.24) is 15.3 Å². The Morgan fingerprint density at radius 1 is 1.39 bits per heavy atom. The molecule has 154 valence electrons. The summed E-state index contributed by atoms with van der Waals surface area (Å²) in [4.78, 5) is 9.90. The third-order valence-electron chi connectivity index (χ3n) is 3.90. The van der Waals surface area contributed by atoms with Gasteiger partial charge < -0.3 is 14.4 Å². The normalized spacial score (nSPS) is 16.4. The lowest BCUT2D eigenvalue weighted by Crippen LogP contribution is -2.44. The number of anilines is 1. The lowest BCUT2D eigenvalue weighted by molar-refractivity contribution is -0.0501. The van der Waals surface area contributed by atoms with E-state index in [2.05, 4.69) is 26.0 Å². The number of rotatable bonds is 7. The summed E-state index contributed by atoms with van der Waals surface area (Å²) in [6.07, 6.45) is 7.99. The zero-order chi connectivity index (χ0) is 20.8. The summed E-state index contributed by atoms with van der Waals surface area (Å²) in [5.41, 5.74) is -4.74.